The fraction of sp³-hybridized carbons (Fsp3) is 0.750. The largest absolute Gasteiger partial charge is 0.444 e. The van der Waals surface area contributed by atoms with E-state index in [-0.39, 0.29) is 17.3 Å². The van der Waals surface area contributed by atoms with E-state index in [1.807, 2.05) is 31.7 Å². The second kappa shape index (κ2) is 6.94. The second-order valence-corrected chi connectivity index (χ2v) is 8.08. The first-order valence-electron chi connectivity index (χ1n) is 7.87. The molecule has 0 saturated carbocycles. The van der Waals surface area contributed by atoms with Crippen LogP contribution in [0.4, 0.5) is 4.79 Å². The van der Waals surface area contributed by atoms with Crippen molar-refractivity contribution >= 4 is 23.8 Å². The number of rotatable bonds is 2. The van der Waals surface area contributed by atoms with E-state index in [2.05, 4.69) is 11.9 Å². The van der Waals surface area contributed by atoms with E-state index >= 15 is 0 Å². The molecule has 22 heavy (non-hydrogen) atoms. The molecule has 2 aliphatic rings. The number of nitrogens with zero attached hydrogens (tertiary/aromatic N) is 1. The van der Waals surface area contributed by atoms with Crippen LogP contribution in [0.2, 0.25) is 0 Å². The van der Waals surface area contributed by atoms with E-state index in [0.29, 0.717) is 6.42 Å². The predicted molar refractivity (Wildman–Crippen MR) is 88.7 cm³/mol. The smallest absolute Gasteiger partial charge is 0.408 e. The van der Waals surface area contributed by atoms with E-state index in [1.54, 1.807) is 11.8 Å². The first-order valence-corrected chi connectivity index (χ1v) is 8.92. The Bertz CT molecular complexity index is 447. The molecule has 0 aromatic carbocycles. The van der Waals surface area contributed by atoms with E-state index in [1.165, 1.54) is 0 Å². The number of thioether (sulfide) groups is 1. The average molecular weight is 326 g/mol. The number of hydrogen-bond acceptors (Lipinski definition) is 4. The summed E-state index contributed by atoms with van der Waals surface area (Å²) in [5.74, 6) is 0.850. The highest BCUT2D eigenvalue weighted by Crippen LogP contribution is 2.34. The fourth-order valence-corrected chi connectivity index (χ4v) is 4.30. The summed E-state index contributed by atoms with van der Waals surface area (Å²) in [5.41, 5.74) is -0.566. The minimum Gasteiger partial charge on any atom is -0.444 e. The number of ether oxygens (including phenoxy) is 1. The van der Waals surface area contributed by atoms with Gasteiger partial charge in [0.25, 0.3) is 0 Å². The van der Waals surface area contributed by atoms with E-state index in [0.717, 1.165) is 25.0 Å². The lowest BCUT2D eigenvalue weighted by molar-refractivity contribution is -0.136. The van der Waals surface area contributed by atoms with Gasteiger partial charge in [-0.25, -0.2) is 4.79 Å². The van der Waals surface area contributed by atoms with Gasteiger partial charge in [-0.3, -0.25) is 4.79 Å². The zero-order chi connectivity index (χ0) is 16.3. The van der Waals surface area contributed by atoms with Crippen LogP contribution in [-0.2, 0) is 9.53 Å². The van der Waals surface area contributed by atoms with Crippen molar-refractivity contribution in [2.24, 2.45) is 0 Å². The van der Waals surface area contributed by atoms with E-state index in [4.69, 9.17) is 4.74 Å². The van der Waals surface area contributed by atoms with Crippen LogP contribution in [0, 0.1) is 0 Å². The summed E-state index contributed by atoms with van der Waals surface area (Å²) in [6.45, 7) is 9.29. The summed E-state index contributed by atoms with van der Waals surface area (Å²) in [7, 11) is 0. The molecule has 5 nitrogen and oxygen atoms in total. The molecule has 0 bridgehead atoms. The first-order chi connectivity index (χ1) is 10.3. The van der Waals surface area contributed by atoms with Gasteiger partial charge in [0.15, 0.2) is 0 Å². The number of fused-ring (bicyclic) bond motifs is 1. The molecule has 3 atom stereocenters. The van der Waals surface area contributed by atoms with Crippen molar-refractivity contribution in [3.05, 3.63) is 12.7 Å². The molecule has 2 aliphatic heterocycles. The normalized spacial score (nSPS) is 29.3. The average Bonchev–Trinajstić information content (AvgIpc) is 2.57. The molecule has 0 aromatic rings. The third-order valence-electron chi connectivity index (χ3n) is 3.85. The van der Waals surface area contributed by atoms with Gasteiger partial charge >= 0.3 is 6.09 Å². The first kappa shape index (κ1) is 17.2. The van der Waals surface area contributed by atoms with Crippen LogP contribution in [0.3, 0.4) is 0 Å². The maximum Gasteiger partial charge on any atom is 0.408 e. The highest BCUT2D eigenvalue weighted by Gasteiger charge is 2.39. The SMILES string of the molecule is C=C[C@@H]1CCCC2SCC[C@H](NC(=O)OC(C)(C)C)C(=O)N21. The van der Waals surface area contributed by atoms with Crippen molar-refractivity contribution in [2.75, 3.05) is 5.75 Å². The predicted octanol–water partition coefficient (Wildman–Crippen LogP) is 2.91. The van der Waals surface area contributed by atoms with Gasteiger partial charge in [-0.1, -0.05) is 6.08 Å². The number of amides is 2. The quantitative estimate of drug-likeness (QED) is 0.793. The van der Waals surface area contributed by atoms with Gasteiger partial charge in [-0.15, -0.1) is 18.3 Å². The maximum absolute atomic E-state index is 12.8. The number of piperidine rings is 1. The highest BCUT2D eigenvalue weighted by molar-refractivity contribution is 7.99. The second-order valence-electron chi connectivity index (χ2n) is 6.79. The third kappa shape index (κ3) is 4.18. The van der Waals surface area contributed by atoms with Crippen LogP contribution in [0.25, 0.3) is 0 Å². The van der Waals surface area contributed by atoms with Crippen LogP contribution in [0.15, 0.2) is 12.7 Å². The van der Waals surface area contributed by atoms with Gasteiger partial charge in [0.05, 0.1) is 11.4 Å². The summed E-state index contributed by atoms with van der Waals surface area (Å²) in [5, 5.41) is 2.95. The van der Waals surface area contributed by atoms with Crippen LogP contribution < -0.4 is 5.32 Å². The third-order valence-corrected chi connectivity index (χ3v) is 5.17. The van der Waals surface area contributed by atoms with Gasteiger partial charge in [0.2, 0.25) is 5.91 Å². The van der Waals surface area contributed by atoms with Crippen LogP contribution in [0.5, 0.6) is 0 Å². The summed E-state index contributed by atoms with van der Waals surface area (Å²) < 4.78 is 5.27. The molecule has 0 radical (unpaired) electrons. The molecular formula is C16H26N2O3S. The Hall–Kier alpha value is -1.17. The van der Waals surface area contributed by atoms with Crippen molar-refractivity contribution in [3.63, 3.8) is 0 Å². The molecule has 2 fully saturated rings. The molecule has 1 unspecified atom stereocenters. The number of carbonyl (C=O) groups is 2. The van der Waals surface area contributed by atoms with Crippen LogP contribution in [-0.4, -0.2) is 45.7 Å². The zero-order valence-corrected chi connectivity index (χ0v) is 14.4. The Morgan fingerprint density at radius 1 is 1.41 bits per heavy atom. The van der Waals surface area contributed by atoms with Gasteiger partial charge in [-0.2, -0.15) is 0 Å². The summed E-state index contributed by atoms with van der Waals surface area (Å²) in [6, 6.07) is -0.437. The van der Waals surface area contributed by atoms with Gasteiger partial charge < -0.3 is 15.0 Å². The van der Waals surface area contributed by atoms with Gasteiger partial charge in [0, 0.05) is 0 Å². The van der Waals surface area contributed by atoms with Crippen molar-refractivity contribution in [1.82, 2.24) is 10.2 Å². The van der Waals surface area contributed by atoms with Crippen molar-refractivity contribution in [3.8, 4) is 0 Å². The minimum absolute atomic E-state index is 0.00883. The monoisotopic (exact) mass is 326 g/mol. The number of alkyl carbamates (subject to hydrolysis) is 1. The van der Waals surface area contributed by atoms with Crippen LogP contribution in [0.1, 0.15) is 46.5 Å². The van der Waals surface area contributed by atoms with Gasteiger partial charge in [0.1, 0.15) is 11.6 Å². The molecule has 2 saturated heterocycles. The Kier molecular flexibility index (Phi) is 5.42. The molecule has 124 valence electrons. The van der Waals surface area contributed by atoms with Crippen molar-refractivity contribution < 1.29 is 14.3 Å². The summed E-state index contributed by atoms with van der Waals surface area (Å²) in [6.07, 6.45) is 5.04. The summed E-state index contributed by atoms with van der Waals surface area (Å²) in [4.78, 5) is 26.7. The number of nitrogens with one attached hydrogen (secondary N) is 1. The molecule has 0 spiro atoms. The molecule has 1 N–H and O–H groups in total. The van der Waals surface area contributed by atoms with Crippen LogP contribution >= 0.6 is 11.8 Å². The molecule has 2 amide bonds. The lowest BCUT2D eigenvalue weighted by Gasteiger charge is -2.40. The molecular weight excluding hydrogens is 300 g/mol. The molecule has 2 rings (SSSR count). The number of carbonyl (C=O) groups excluding carboxylic acids is 2. The lowest BCUT2D eigenvalue weighted by Crippen LogP contribution is -2.54. The molecule has 6 heteroatoms. The fourth-order valence-electron chi connectivity index (χ4n) is 2.90. The van der Waals surface area contributed by atoms with Gasteiger partial charge in [-0.05, 0) is 52.2 Å². The topological polar surface area (TPSA) is 58.6 Å². The molecule has 0 aliphatic carbocycles. The van der Waals surface area contributed by atoms with Crippen molar-refractivity contribution in [1.29, 1.82) is 0 Å². The van der Waals surface area contributed by atoms with Crippen molar-refractivity contribution in [2.45, 2.75) is 69.5 Å². The maximum atomic E-state index is 12.8. The van der Waals surface area contributed by atoms with E-state index in [9.17, 15) is 9.59 Å². The minimum atomic E-state index is -0.566. The Morgan fingerprint density at radius 3 is 2.77 bits per heavy atom. The zero-order valence-electron chi connectivity index (χ0n) is 13.6. The standard InChI is InChI=1S/C16H26N2O3S/c1-5-11-7-6-8-13-18(11)14(19)12(9-10-22-13)17-15(20)21-16(2,3)4/h5,11-13H,1,6-10H2,2-4H3,(H,17,20)/t11-,12+,13?/m1/s1. The molecule has 0 aromatic heterocycles. The Balaban J connectivity index is 2.07. The molecule has 2 heterocycles. The summed E-state index contributed by atoms with van der Waals surface area (Å²) >= 11 is 1.80. The lowest BCUT2D eigenvalue weighted by atomic mass is 10.0. The number of hydrogen-bond donors (Lipinski definition) is 1. The highest BCUT2D eigenvalue weighted by atomic mass is 32.2. The van der Waals surface area contributed by atoms with E-state index < -0.39 is 17.7 Å². The Morgan fingerprint density at radius 2 is 2.14 bits per heavy atom. The Labute approximate surface area is 136 Å².